The molecule has 4 rings (SSSR count). The van der Waals surface area contributed by atoms with Crippen molar-refractivity contribution < 1.29 is 18.0 Å². The van der Waals surface area contributed by atoms with Gasteiger partial charge in [-0.3, -0.25) is 4.79 Å². The molecule has 170 valence electrons. The number of hydrogen-bond donors (Lipinski definition) is 1. The van der Waals surface area contributed by atoms with E-state index in [-0.39, 0.29) is 12.5 Å². The molecule has 3 heterocycles. The van der Waals surface area contributed by atoms with Crippen LogP contribution in [0.2, 0.25) is 5.28 Å². The van der Waals surface area contributed by atoms with Gasteiger partial charge in [-0.05, 0) is 35.7 Å². The van der Waals surface area contributed by atoms with E-state index >= 15 is 0 Å². The number of thioether (sulfide) groups is 1. The van der Waals surface area contributed by atoms with Gasteiger partial charge in [0.25, 0.3) is 0 Å². The second-order valence-corrected chi connectivity index (χ2v) is 9.38. The van der Waals surface area contributed by atoms with Crippen LogP contribution in [0.15, 0.2) is 29.3 Å². The monoisotopic (exact) mass is 483 g/mol. The summed E-state index contributed by atoms with van der Waals surface area (Å²) in [7, 11) is 0. The Morgan fingerprint density at radius 3 is 2.84 bits per heavy atom. The van der Waals surface area contributed by atoms with Crippen LogP contribution in [0.3, 0.4) is 0 Å². The summed E-state index contributed by atoms with van der Waals surface area (Å²) in [6.07, 6.45) is -4.02. The van der Waals surface area contributed by atoms with E-state index in [1.54, 1.807) is 0 Å². The van der Waals surface area contributed by atoms with E-state index in [1.807, 2.05) is 18.2 Å². The largest absolute Gasteiger partial charge is 0.434 e. The predicted octanol–water partition coefficient (Wildman–Crippen LogP) is 5.16. The van der Waals surface area contributed by atoms with Gasteiger partial charge in [-0.15, -0.1) is 11.8 Å². The van der Waals surface area contributed by atoms with Gasteiger partial charge in [-0.1, -0.05) is 13.8 Å². The van der Waals surface area contributed by atoms with Gasteiger partial charge in [-0.2, -0.15) is 13.2 Å². The molecule has 0 aliphatic carbocycles. The maximum absolute atomic E-state index is 13.2. The van der Waals surface area contributed by atoms with Crippen molar-refractivity contribution in [3.63, 3.8) is 0 Å². The van der Waals surface area contributed by atoms with Gasteiger partial charge in [-0.25, -0.2) is 15.0 Å². The molecule has 2 aromatic heterocycles. The first-order valence-corrected chi connectivity index (χ1v) is 11.5. The number of ketones is 1. The van der Waals surface area contributed by atoms with Crippen molar-refractivity contribution in [2.75, 3.05) is 12.3 Å². The van der Waals surface area contributed by atoms with Gasteiger partial charge in [0.15, 0.2) is 11.5 Å². The number of nitrogens with zero attached hydrogens (tertiary/aromatic N) is 4. The number of carbonyl (C=O) groups is 1. The minimum atomic E-state index is -4.78. The lowest BCUT2D eigenvalue weighted by Crippen LogP contribution is -2.36. The zero-order valence-electron chi connectivity index (χ0n) is 17.4. The summed E-state index contributed by atoms with van der Waals surface area (Å²) in [4.78, 5) is 24.9. The van der Waals surface area contributed by atoms with E-state index in [1.165, 1.54) is 11.8 Å². The average Bonchev–Trinajstić information content (AvgIpc) is 3.11. The molecule has 11 heteroatoms. The van der Waals surface area contributed by atoms with E-state index in [4.69, 9.17) is 16.6 Å². The molecule has 1 unspecified atom stereocenters. The third-order valence-corrected chi connectivity index (χ3v) is 6.50. The molecular formula is C21H21ClF3N5OS. The second-order valence-electron chi connectivity index (χ2n) is 7.87. The van der Waals surface area contributed by atoms with Crippen LogP contribution in [-0.2, 0) is 12.7 Å². The van der Waals surface area contributed by atoms with Crippen molar-refractivity contribution in [2.45, 2.75) is 43.9 Å². The fraction of sp³-hybridized carbons (Fsp3) is 0.429. The van der Waals surface area contributed by atoms with Crippen LogP contribution < -0.4 is 5.32 Å². The molecule has 1 atom stereocenters. The van der Waals surface area contributed by atoms with Crippen LogP contribution in [0.5, 0.6) is 0 Å². The van der Waals surface area contributed by atoms with E-state index in [9.17, 15) is 18.0 Å². The molecule has 6 nitrogen and oxygen atoms in total. The van der Waals surface area contributed by atoms with Gasteiger partial charge in [0.2, 0.25) is 5.28 Å². The summed E-state index contributed by atoms with van der Waals surface area (Å²) in [5.74, 6) is 1.07. The van der Waals surface area contributed by atoms with Crippen LogP contribution in [-0.4, -0.2) is 37.6 Å². The molecule has 32 heavy (non-hydrogen) atoms. The number of hydrogen-bond acceptors (Lipinski definition) is 6. The van der Waals surface area contributed by atoms with Crippen molar-refractivity contribution in [2.24, 2.45) is 5.92 Å². The Labute approximate surface area is 192 Å². The van der Waals surface area contributed by atoms with Gasteiger partial charge in [0.1, 0.15) is 5.82 Å². The number of carbonyl (C=O) groups excluding carboxylic acids is 1. The number of halogens is 4. The number of alkyl halides is 3. The molecule has 3 aromatic rings. The molecule has 0 bridgehead atoms. The molecule has 0 radical (unpaired) electrons. The maximum Gasteiger partial charge on any atom is 0.434 e. The van der Waals surface area contributed by atoms with Crippen molar-refractivity contribution in [3.8, 4) is 0 Å². The number of aromatic nitrogens is 4. The zero-order chi connectivity index (χ0) is 23.0. The van der Waals surface area contributed by atoms with Crippen LogP contribution in [0.1, 0.15) is 48.2 Å². The number of benzene rings is 1. The molecule has 1 aromatic carbocycles. The highest BCUT2D eigenvalue weighted by Gasteiger charge is 2.37. The Morgan fingerprint density at radius 1 is 1.34 bits per heavy atom. The topological polar surface area (TPSA) is 72.7 Å². The lowest BCUT2D eigenvalue weighted by molar-refractivity contribution is -0.141. The second kappa shape index (κ2) is 8.99. The standard InChI is InChI=1S/C21H21ClF3N5OS/c1-11(2)17-19-28-14-4-3-12(9-15(14)30(19)7-6-26-17)32-8-5-16(31)13-10-27-20(22)29-18(13)21(23,24)25/h3-4,9-11,17,26H,5-8H2,1-2H3. The van der Waals surface area contributed by atoms with E-state index in [2.05, 4.69) is 33.7 Å². The summed E-state index contributed by atoms with van der Waals surface area (Å²) in [5, 5.41) is 2.96. The number of rotatable bonds is 6. The Balaban J connectivity index is 1.48. The smallest absolute Gasteiger partial charge is 0.325 e. The summed E-state index contributed by atoms with van der Waals surface area (Å²) in [5.41, 5.74) is 0.0695. The van der Waals surface area contributed by atoms with Crippen molar-refractivity contribution in [1.82, 2.24) is 24.8 Å². The van der Waals surface area contributed by atoms with Gasteiger partial charge >= 0.3 is 6.18 Å². The normalized spacial score (nSPS) is 16.5. The van der Waals surface area contributed by atoms with E-state index in [0.717, 1.165) is 41.0 Å². The third kappa shape index (κ3) is 4.62. The molecule has 0 saturated carbocycles. The van der Waals surface area contributed by atoms with Crippen molar-refractivity contribution >= 4 is 40.2 Å². The summed E-state index contributed by atoms with van der Waals surface area (Å²) in [6, 6.07) is 6.07. The lowest BCUT2D eigenvalue weighted by Gasteiger charge is -2.28. The zero-order valence-corrected chi connectivity index (χ0v) is 19.0. The third-order valence-electron chi connectivity index (χ3n) is 5.32. The highest BCUT2D eigenvalue weighted by atomic mass is 35.5. The van der Waals surface area contributed by atoms with Crippen molar-refractivity contribution in [1.29, 1.82) is 0 Å². The molecule has 0 saturated heterocycles. The van der Waals surface area contributed by atoms with Crippen LogP contribution in [0, 0.1) is 5.92 Å². The first kappa shape index (κ1) is 23.0. The van der Waals surface area contributed by atoms with E-state index in [0.29, 0.717) is 11.7 Å². The molecule has 1 aliphatic heterocycles. The number of imidazole rings is 1. The number of fused-ring (bicyclic) bond motifs is 3. The predicted molar refractivity (Wildman–Crippen MR) is 117 cm³/mol. The molecule has 0 spiro atoms. The fourth-order valence-corrected chi connectivity index (χ4v) is 4.83. The maximum atomic E-state index is 13.2. The Kier molecular flexibility index (Phi) is 6.46. The van der Waals surface area contributed by atoms with E-state index < -0.39 is 28.5 Å². The first-order valence-electron chi connectivity index (χ1n) is 10.1. The minimum absolute atomic E-state index is 0.0827. The van der Waals surface area contributed by atoms with Gasteiger partial charge in [0, 0.05) is 36.4 Å². The minimum Gasteiger partial charge on any atom is -0.325 e. The Morgan fingerprint density at radius 2 is 2.12 bits per heavy atom. The van der Waals surface area contributed by atoms with Crippen LogP contribution >= 0.6 is 23.4 Å². The fourth-order valence-electron chi connectivity index (χ4n) is 3.82. The highest BCUT2D eigenvalue weighted by Crippen LogP contribution is 2.33. The van der Waals surface area contributed by atoms with Gasteiger partial charge in [0.05, 0.1) is 22.6 Å². The highest BCUT2D eigenvalue weighted by molar-refractivity contribution is 7.99. The molecule has 0 fully saturated rings. The number of Topliss-reactive ketones (excluding diaryl/α,β-unsaturated/α-hetero) is 1. The van der Waals surface area contributed by atoms with Crippen LogP contribution in [0.25, 0.3) is 11.0 Å². The SMILES string of the molecule is CC(C)C1NCCn2c1nc1ccc(SCCC(=O)c3cnc(Cl)nc3C(F)(F)F)cc12. The van der Waals surface area contributed by atoms with Crippen molar-refractivity contribution in [3.05, 3.63) is 46.8 Å². The quantitative estimate of drug-likeness (QED) is 0.296. The van der Waals surface area contributed by atoms with Gasteiger partial charge < -0.3 is 9.88 Å². The summed E-state index contributed by atoms with van der Waals surface area (Å²) in [6.45, 7) is 5.98. The summed E-state index contributed by atoms with van der Waals surface area (Å²) >= 11 is 6.89. The first-order chi connectivity index (χ1) is 15.1. The molecule has 1 aliphatic rings. The van der Waals surface area contributed by atoms with Crippen LogP contribution in [0.4, 0.5) is 13.2 Å². The molecule has 1 N–H and O–H groups in total. The molecular weight excluding hydrogens is 463 g/mol. The Hall–Kier alpha value is -2.17. The number of nitrogens with one attached hydrogen (secondary N) is 1. The average molecular weight is 484 g/mol. The Bertz CT molecular complexity index is 1160. The molecule has 0 amide bonds. The summed E-state index contributed by atoms with van der Waals surface area (Å²) < 4.78 is 41.8. The lowest BCUT2D eigenvalue weighted by atomic mass is 10.0.